The van der Waals surface area contributed by atoms with Crippen molar-refractivity contribution in [2.24, 2.45) is 28.1 Å². The maximum atomic E-state index is 14.1. The number of halogens is 4. The number of nitrogens with one attached hydrogen (secondary N) is 3. The van der Waals surface area contributed by atoms with Crippen LogP contribution in [0.15, 0.2) is 58.0 Å². The molecule has 10 N–H and O–H groups in total. The smallest absolute Gasteiger partial charge is 0.475 e. The van der Waals surface area contributed by atoms with Gasteiger partial charge < -0.3 is 37.8 Å². The fourth-order valence-electron chi connectivity index (χ4n) is 5.59. The summed E-state index contributed by atoms with van der Waals surface area (Å²) >= 11 is 3.52. The van der Waals surface area contributed by atoms with Crippen LogP contribution in [0.25, 0.3) is 0 Å². The summed E-state index contributed by atoms with van der Waals surface area (Å²) in [5, 5.41) is 20.9. The van der Waals surface area contributed by atoms with Gasteiger partial charge in [-0.3, -0.25) is 24.8 Å². The largest absolute Gasteiger partial charge is 0.490 e. The molecule has 0 heterocycles. The van der Waals surface area contributed by atoms with Crippen LogP contribution in [0.4, 0.5) is 13.2 Å². The molecule has 3 amide bonds. The molecule has 0 radical (unpaired) electrons. The molecule has 0 aromatic heterocycles. The van der Waals surface area contributed by atoms with E-state index in [9.17, 15) is 27.6 Å². The van der Waals surface area contributed by atoms with Crippen molar-refractivity contribution in [3.63, 3.8) is 0 Å². The molecule has 2 aromatic carbocycles. The minimum atomic E-state index is -5.08. The predicted molar refractivity (Wildman–Crippen MR) is 191 cm³/mol. The fourth-order valence-corrected chi connectivity index (χ4v) is 6.01. The van der Waals surface area contributed by atoms with Crippen molar-refractivity contribution in [1.82, 2.24) is 15.5 Å². The van der Waals surface area contributed by atoms with Crippen LogP contribution in [-0.4, -0.2) is 84.4 Å². The first-order valence-electron chi connectivity index (χ1n) is 16.3. The third kappa shape index (κ3) is 14.6. The highest BCUT2D eigenvalue weighted by molar-refractivity contribution is 9.10. The summed E-state index contributed by atoms with van der Waals surface area (Å²) in [5.74, 6) is -4.33. The average Bonchev–Trinajstić information content (AvgIpc) is 3.07. The number of carbonyl (C=O) groups excluding carboxylic acids is 3. The fraction of sp³-hybridized carbons (Fsp3) is 0.471. The summed E-state index contributed by atoms with van der Waals surface area (Å²) in [5.41, 5.74) is 18.8. The molecular formula is C34H46BrF3N8O5. The highest BCUT2D eigenvalue weighted by Crippen LogP contribution is 2.29. The van der Waals surface area contributed by atoms with Gasteiger partial charge in [-0.05, 0) is 61.3 Å². The minimum Gasteiger partial charge on any atom is -0.475 e. The summed E-state index contributed by atoms with van der Waals surface area (Å²) < 4.78 is 32.6. The molecule has 0 aliphatic heterocycles. The highest BCUT2D eigenvalue weighted by atomic mass is 79.9. The van der Waals surface area contributed by atoms with E-state index in [1.54, 1.807) is 26.2 Å². The number of likely N-dealkylation sites (N-methyl/N-ethyl adjacent to an activating group) is 1. The molecule has 1 fully saturated rings. The van der Waals surface area contributed by atoms with Gasteiger partial charge in [-0.15, -0.1) is 0 Å². The van der Waals surface area contributed by atoms with Gasteiger partial charge in [-0.2, -0.15) is 13.2 Å². The number of nitrogen functional groups attached to an aromatic ring is 1. The Morgan fingerprint density at radius 1 is 1.00 bits per heavy atom. The Morgan fingerprint density at radius 2 is 1.61 bits per heavy atom. The number of nitrogens with two attached hydrogens (primary N) is 3. The van der Waals surface area contributed by atoms with Gasteiger partial charge in [0.15, 0.2) is 5.96 Å². The van der Waals surface area contributed by atoms with Crippen molar-refractivity contribution >= 4 is 51.4 Å². The number of hydrogen-bond acceptors (Lipinski definition) is 6. The molecule has 1 aliphatic rings. The van der Waals surface area contributed by atoms with E-state index in [0.29, 0.717) is 31.4 Å². The third-order valence-corrected chi connectivity index (χ3v) is 8.71. The monoisotopic (exact) mass is 782 g/mol. The normalized spacial score (nSPS) is 14.8. The number of amidine groups is 1. The molecule has 3 atom stereocenters. The first-order chi connectivity index (χ1) is 23.9. The summed E-state index contributed by atoms with van der Waals surface area (Å²) in [6.45, 7) is 0.333. The predicted octanol–water partition coefficient (Wildman–Crippen LogP) is 3.38. The minimum absolute atomic E-state index is 0.0264. The van der Waals surface area contributed by atoms with Crippen LogP contribution in [0, 0.1) is 11.3 Å². The van der Waals surface area contributed by atoms with Gasteiger partial charge in [-0.1, -0.05) is 71.6 Å². The van der Waals surface area contributed by atoms with E-state index in [4.69, 9.17) is 32.5 Å². The molecule has 3 rings (SSSR count). The van der Waals surface area contributed by atoms with Crippen molar-refractivity contribution in [2.45, 2.75) is 75.5 Å². The lowest BCUT2D eigenvalue weighted by molar-refractivity contribution is -0.192. The lowest BCUT2D eigenvalue weighted by Gasteiger charge is -2.33. The highest BCUT2D eigenvalue weighted by Gasteiger charge is 2.38. The van der Waals surface area contributed by atoms with Gasteiger partial charge in [0.1, 0.15) is 17.9 Å². The van der Waals surface area contributed by atoms with E-state index in [2.05, 4.69) is 31.6 Å². The molecular weight excluding hydrogens is 737 g/mol. The number of aliphatic carboxylic acids is 1. The van der Waals surface area contributed by atoms with E-state index in [0.717, 1.165) is 47.7 Å². The van der Waals surface area contributed by atoms with Gasteiger partial charge in [0, 0.05) is 30.7 Å². The number of aliphatic imine (C=N–C) groups is 1. The Bertz CT molecular complexity index is 1530. The Labute approximate surface area is 303 Å². The number of carboxylic acids is 1. The van der Waals surface area contributed by atoms with Crippen LogP contribution in [0.3, 0.4) is 0 Å². The van der Waals surface area contributed by atoms with Gasteiger partial charge in [0.05, 0.1) is 5.92 Å². The van der Waals surface area contributed by atoms with Crippen LogP contribution in [-0.2, 0) is 25.6 Å². The average molecular weight is 784 g/mol. The van der Waals surface area contributed by atoms with Crippen molar-refractivity contribution in [1.29, 1.82) is 5.41 Å². The van der Waals surface area contributed by atoms with Crippen molar-refractivity contribution in [3.05, 3.63) is 69.7 Å². The van der Waals surface area contributed by atoms with Crippen LogP contribution >= 0.6 is 15.9 Å². The standard InChI is InChI=1S/C32H45BrN8O3.C2HF3O2/c1-41(2)31(44)26(12-7-17-38-32(36)37)39-30(43)27(21-8-4-3-5-9-21)40-29(42)25(23-10-6-11-24(33)19-23)18-20-13-15-22(16-14-20)28(34)35;3-2(4,5)1(6)7/h6,10-11,13-16,19,21,25-27H,3-5,7-9,12,17-18H2,1-2H3,(H3,34,35)(H,39,43)(H,40,42)(H4,36,37,38);(H,6,7). The second kappa shape index (κ2) is 20.2. The zero-order chi connectivity index (χ0) is 38.3. The summed E-state index contributed by atoms with van der Waals surface area (Å²) in [6.07, 6.45) is 0.791. The van der Waals surface area contributed by atoms with Crippen molar-refractivity contribution in [3.8, 4) is 0 Å². The number of carboxylic acid groups (broad SMARTS) is 1. The molecule has 13 nitrogen and oxygen atoms in total. The summed E-state index contributed by atoms with van der Waals surface area (Å²) in [4.78, 5) is 55.4. The molecule has 0 bridgehead atoms. The quantitative estimate of drug-likeness (QED) is 0.0851. The number of hydrogen-bond donors (Lipinski definition) is 7. The molecule has 17 heteroatoms. The number of carbonyl (C=O) groups is 4. The van der Waals surface area contributed by atoms with E-state index >= 15 is 0 Å². The second-order valence-electron chi connectivity index (χ2n) is 12.4. The van der Waals surface area contributed by atoms with Crippen LogP contribution in [0.5, 0.6) is 0 Å². The van der Waals surface area contributed by atoms with Crippen LogP contribution < -0.4 is 27.8 Å². The van der Waals surface area contributed by atoms with Crippen molar-refractivity contribution < 1.29 is 37.5 Å². The van der Waals surface area contributed by atoms with Crippen molar-refractivity contribution in [2.75, 3.05) is 20.6 Å². The SMILES string of the molecule is CN(C)C(=O)C(CCCN=C(N)N)NC(=O)C(NC(=O)C(Cc1ccc(C(=N)N)cc1)c1cccc(Br)c1)C1CCCCC1.O=C(O)C(F)(F)F. The first kappa shape index (κ1) is 42.5. The summed E-state index contributed by atoms with van der Waals surface area (Å²) in [6, 6.07) is 13.3. The van der Waals surface area contributed by atoms with Gasteiger partial charge in [-0.25, -0.2) is 4.79 Å². The molecule has 0 saturated heterocycles. The number of rotatable bonds is 14. The molecule has 3 unspecified atom stereocenters. The maximum Gasteiger partial charge on any atom is 0.490 e. The Balaban J connectivity index is 0.00000116. The van der Waals surface area contributed by atoms with Gasteiger partial charge in [0.25, 0.3) is 0 Å². The molecule has 2 aromatic rings. The number of alkyl halides is 3. The molecule has 51 heavy (non-hydrogen) atoms. The first-order valence-corrected chi connectivity index (χ1v) is 17.1. The zero-order valence-corrected chi connectivity index (χ0v) is 30.1. The Morgan fingerprint density at radius 3 is 2.12 bits per heavy atom. The van der Waals surface area contributed by atoms with Crippen LogP contribution in [0.1, 0.15) is 67.6 Å². The summed E-state index contributed by atoms with van der Waals surface area (Å²) in [7, 11) is 3.28. The number of benzene rings is 2. The topological polar surface area (TPSA) is 230 Å². The van der Waals surface area contributed by atoms with E-state index in [1.807, 2.05) is 36.4 Å². The Kier molecular flexibility index (Phi) is 16.9. The maximum absolute atomic E-state index is 14.1. The molecule has 0 spiro atoms. The molecule has 1 saturated carbocycles. The van der Waals surface area contributed by atoms with Gasteiger partial charge in [0.2, 0.25) is 17.7 Å². The zero-order valence-electron chi connectivity index (χ0n) is 28.5. The number of guanidine groups is 1. The second-order valence-corrected chi connectivity index (χ2v) is 13.3. The van der Waals surface area contributed by atoms with Crippen LogP contribution in [0.2, 0.25) is 0 Å². The number of amides is 3. The van der Waals surface area contributed by atoms with E-state index < -0.39 is 30.1 Å². The molecule has 280 valence electrons. The Hall–Kier alpha value is -4.67. The third-order valence-electron chi connectivity index (χ3n) is 8.22. The molecule has 1 aliphatic carbocycles. The lowest BCUT2D eigenvalue weighted by Crippen LogP contribution is -2.56. The van der Waals surface area contributed by atoms with E-state index in [-0.39, 0.29) is 35.4 Å². The van der Waals surface area contributed by atoms with Gasteiger partial charge >= 0.3 is 12.1 Å². The number of nitrogens with zero attached hydrogens (tertiary/aromatic N) is 2. The lowest BCUT2D eigenvalue weighted by atomic mass is 9.82. The van der Waals surface area contributed by atoms with E-state index in [1.165, 1.54) is 4.90 Å².